The second kappa shape index (κ2) is 9.48. The van der Waals surface area contributed by atoms with Crippen LogP contribution in [0.15, 0.2) is 18.2 Å². The van der Waals surface area contributed by atoms with Crippen LogP contribution in [0.2, 0.25) is 0 Å². The molecule has 182 valence electrons. The number of nitriles is 1. The molecule has 2 aliphatic heterocycles. The predicted molar refractivity (Wildman–Crippen MR) is 116 cm³/mol. The fourth-order valence-corrected chi connectivity index (χ4v) is 5.94. The SMILES string of the molecule is CNC(=O)[C@@H]1CN(c2ccc(C#N)c(C(F)(F)F)c2)C[C@H]1C1CCN(S(=O)(=O)N(C)C)CC1. The van der Waals surface area contributed by atoms with E-state index in [2.05, 4.69) is 5.32 Å². The summed E-state index contributed by atoms with van der Waals surface area (Å²) in [6, 6.07) is 5.18. The monoisotopic (exact) mass is 487 g/mol. The maximum Gasteiger partial charge on any atom is 0.417 e. The Hall–Kier alpha value is -2.36. The lowest BCUT2D eigenvalue weighted by Gasteiger charge is -2.36. The lowest BCUT2D eigenvalue weighted by Crippen LogP contribution is -2.46. The lowest BCUT2D eigenvalue weighted by molar-refractivity contribution is -0.137. The lowest BCUT2D eigenvalue weighted by atomic mass is 9.78. The first-order valence-electron chi connectivity index (χ1n) is 10.7. The van der Waals surface area contributed by atoms with Gasteiger partial charge in [-0.1, -0.05) is 0 Å². The number of carbonyl (C=O) groups excluding carboxylic acids is 1. The van der Waals surface area contributed by atoms with Crippen LogP contribution >= 0.6 is 0 Å². The molecule has 2 atom stereocenters. The number of hydrogen-bond acceptors (Lipinski definition) is 5. The molecule has 1 aromatic carbocycles. The summed E-state index contributed by atoms with van der Waals surface area (Å²) < 4.78 is 67.7. The third kappa shape index (κ3) is 5.10. The highest BCUT2D eigenvalue weighted by molar-refractivity contribution is 7.86. The molecule has 33 heavy (non-hydrogen) atoms. The average molecular weight is 488 g/mol. The van der Waals surface area contributed by atoms with E-state index >= 15 is 0 Å². The highest BCUT2D eigenvalue weighted by Crippen LogP contribution is 2.40. The molecule has 0 radical (unpaired) electrons. The first-order valence-corrected chi connectivity index (χ1v) is 12.0. The third-order valence-electron chi connectivity index (χ3n) is 6.63. The molecule has 1 N–H and O–H groups in total. The van der Waals surface area contributed by atoms with Gasteiger partial charge in [0.05, 0.1) is 23.1 Å². The standard InChI is InChI=1S/C21H28F3N5O3S/c1-26-20(30)18-13-28(16-5-4-15(11-25)19(10-16)21(22,23)24)12-17(18)14-6-8-29(9-7-14)33(31,32)27(2)3/h4-5,10,14,17-18H,6-9,12-13H2,1-3H3,(H,26,30)/t17-,18+/m0/s1. The molecule has 0 unspecified atom stereocenters. The quantitative estimate of drug-likeness (QED) is 0.684. The molecule has 3 rings (SSSR count). The van der Waals surface area contributed by atoms with Gasteiger partial charge < -0.3 is 10.2 Å². The van der Waals surface area contributed by atoms with Gasteiger partial charge in [-0.25, -0.2) is 0 Å². The van der Waals surface area contributed by atoms with Gasteiger partial charge in [-0.15, -0.1) is 0 Å². The molecule has 2 saturated heterocycles. The number of amides is 1. The van der Waals surface area contributed by atoms with E-state index in [4.69, 9.17) is 5.26 Å². The van der Waals surface area contributed by atoms with Crippen LogP contribution in [0.1, 0.15) is 24.0 Å². The Morgan fingerprint density at radius 1 is 1.21 bits per heavy atom. The molecule has 8 nitrogen and oxygen atoms in total. The first kappa shape index (κ1) is 25.3. The van der Waals surface area contributed by atoms with Crippen LogP contribution in [0.4, 0.5) is 18.9 Å². The fourth-order valence-electron chi connectivity index (χ4n) is 4.81. The van der Waals surface area contributed by atoms with Crippen LogP contribution in [0, 0.1) is 29.1 Å². The number of nitrogens with one attached hydrogen (secondary N) is 1. The van der Waals surface area contributed by atoms with Crippen molar-refractivity contribution >= 4 is 21.8 Å². The van der Waals surface area contributed by atoms with Gasteiger partial charge in [0.1, 0.15) is 0 Å². The van der Waals surface area contributed by atoms with Crippen molar-refractivity contribution in [2.24, 2.45) is 17.8 Å². The van der Waals surface area contributed by atoms with Gasteiger partial charge in [-0.3, -0.25) is 4.79 Å². The smallest absolute Gasteiger partial charge is 0.370 e. The summed E-state index contributed by atoms with van der Waals surface area (Å²) >= 11 is 0. The molecule has 0 saturated carbocycles. The Kier molecular flexibility index (Phi) is 7.26. The molecular formula is C21H28F3N5O3S. The van der Waals surface area contributed by atoms with E-state index in [1.165, 1.54) is 35.8 Å². The minimum atomic E-state index is -4.66. The molecule has 2 aliphatic rings. The highest BCUT2D eigenvalue weighted by atomic mass is 32.2. The van der Waals surface area contributed by atoms with Crippen molar-refractivity contribution < 1.29 is 26.4 Å². The van der Waals surface area contributed by atoms with E-state index in [0.29, 0.717) is 38.2 Å². The van der Waals surface area contributed by atoms with Crippen molar-refractivity contribution in [2.45, 2.75) is 19.0 Å². The average Bonchev–Trinajstić information content (AvgIpc) is 3.23. The predicted octanol–water partition coefficient (Wildman–Crippen LogP) is 1.89. The van der Waals surface area contributed by atoms with Gasteiger partial charge >= 0.3 is 6.18 Å². The van der Waals surface area contributed by atoms with Crippen molar-refractivity contribution in [1.82, 2.24) is 13.9 Å². The Morgan fingerprint density at radius 2 is 1.85 bits per heavy atom. The van der Waals surface area contributed by atoms with Crippen LogP contribution < -0.4 is 10.2 Å². The van der Waals surface area contributed by atoms with E-state index in [-0.39, 0.29) is 24.3 Å². The van der Waals surface area contributed by atoms with E-state index in [1.54, 1.807) is 11.0 Å². The van der Waals surface area contributed by atoms with Crippen LogP contribution in [0.5, 0.6) is 0 Å². The Bertz CT molecular complexity index is 1030. The maximum absolute atomic E-state index is 13.4. The zero-order valence-corrected chi connectivity index (χ0v) is 19.6. The second-order valence-electron chi connectivity index (χ2n) is 8.66. The van der Waals surface area contributed by atoms with Gasteiger partial charge in [0.25, 0.3) is 10.2 Å². The highest BCUT2D eigenvalue weighted by Gasteiger charge is 2.44. The van der Waals surface area contributed by atoms with Crippen LogP contribution in [0.25, 0.3) is 0 Å². The topological polar surface area (TPSA) is 96.7 Å². The Labute approximate surface area is 192 Å². The fraction of sp³-hybridized carbons (Fsp3) is 0.619. The van der Waals surface area contributed by atoms with Crippen molar-refractivity contribution in [3.05, 3.63) is 29.3 Å². The molecule has 0 spiro atoms. The number of nitrogens with zero attached hydrogens (tertiary/aromatic N) is 4. The molecule has 0 bridgehead atoms. The van der Waals surface area contributed by atoms with Crippen molar-refractivity contribution in [2.75, 3.05) is 52.2 Å². The number of halogens is 3. The Balaban J connectivity index is 1.82. The van der Waals surface area contributed by atoms with Crippen molar-refractivity contribution in [3.8, 4) is 6.07 Å². The summed E-state index contributed by atoms with van der Waals surface area (Å²) in [5.41, 5.74) is -1.13. The van der Waals surface area contributed by atoms with Gasteiger partial charge in [-0.2, -0.15) is 35.5 Å². The van der Waals surface area contributed by atoms with E-state index in [1.807, 2.05) is 0 Å². The third-order valence-corrected chi connectivity index (χ3v) is 8.57. The number of alkyl halides is 3. The summed E-state index contributed by atoms with van der Waals surface area (Å²) in [6.45, 7) is 1.30. The number of benzene rings is 1. The number of carbonyl (C=O) groups is 1. The molecule has 0 aromatic heterocycles. The normalized spacial score (nSPS) is 23.0. The van der Waals surface area contributed by atoms with Gasteiger partial charge in [-0.05, 0) is 42.9 Å². The van der Waals surface area contributed by atoms with E-state index in [9.17, 15) is 26.4 Å². The van der Waals surface area contributed by atoms with Crippen molar-refractivity contribution in [1.29, 1.82) is 5.26 Å². The number of rotatable bonds is 5. The first-order chi connectivity index (χ1) is 15.4. The van der Waals surface area contributed by atoms with E-state index in [0.717, 1.165) is 12.1 Å². The zero-order valence-electron chi connectivity index (χ0n) is 18.8. The minimum absolute atomic E-state index is 0.0615. The largest absolute Gasteiger partial charge is 0.417 e. The summed E-state index contributed by atoms with van der Waals surface area (Å²) in [4.78, 5) is 14.4. The van der Waals surface area contributed by atoms with E-state index < -0.39 is 33.4 Å². The molecule has 1 amide bonds. The van der Waals surface area contributed by atoms with Gasteiger partial charge in [0.15, 0.2) is 0 Å². The van der Waals surface area contributed by atoms with Crippen molar-refractivity contribution in [3.63, 3.8) is 0 Å². The van der Waals surface area contributed by atoms with Crippen LogP contribution in [-0.2, 0) is 21.2 Å². The second-order valence-corrected chi connectivity index (χ2v) is 10.8. The zero-order chi connectivity index (χ0) is 24.6. The number of anilines is 1. The van der Waals surface area contributed by atoms with Gasteiger partial charge in [0.2, 0.25) is 5.91 Å². The molecule has 2 fully saturated rings. The summed E-state index contributed by atoms with van der Waals surface area (Å²) in [7, 11) is 0.963. The molecule has 12 heteroatoms. The van der Waals surface area contributed by atoms with Gasteiger partial charge in [0, 0.05) is 53.0 Å². The minimum Gasteiger partial charge on any atom is -0.370 e. The Morgan fingerprint density at radius 3 is 2.36 bits per heavy atom. The summed E-state index contributed by atoms with van der Waals surface area (Å²) in [5, 5.41) is 11.7. The molecule has 1 aromatic rings. The summed E-state index contributed by atoms with van der Waals surface area (Å²) in [6.07, 6.45) is -3.52. The summed E-state index contributed by atoms with van der Waals surface area (Å²) in [5.74, 6) is -0.678. The number of hydrogen-bond donors (Lipinski definition) is 1. The maximum atomic E-state index is 13.4. The molecule has 0 aliphatic carbocycles. The molecular weight excluding hydrogens is 459 g/mol. The molecule has 2 heterocycles. The van der Waals surface area contributed by atoms with Crippen LogP contribution in [0.3, 0.4) is 0 Å². The number of piperidine rings is 1. The van der Waals surface area contributed by atoms with Crippen LogP contribution in [-0.4, -0.2) is 70.3 Å².